The summed E-state index contributed by atoms with van der Waals surface area (Å²) in [5.41, 5.74) is 1.15. The summed E-state index contributed by atoms with van der Waals surface area (Å²) in [6.07, 6.45) is 9.39. The van der Waals surface area contributed by atoms with E-state index in [4.69, 9.17) is 0 Å². The summed E-state index contributed by atoms with van der Waals surface area (Å²) >= 11 is 0. The van der Waals surface area contributed by atoms with Crippen LogP contribution < -0.4 is 0 Å². The van der Waals surface area contributed by atoms with E-state index in [9.17, 15) is 5.11 Å². The third-order valence-corrected chi connectivity index (χ3v) is 3.15. The molecule has 1 unspecified atom stereocenters. The van der Waals surface area contributed by atoms with Crippen LogP contribution in [-0.2, 0) is 13.5 Å². The summed E-state index contributed by atoms with van der Waals surface area (Å²) in [6, 6.07) is 0. The van der Waals surface area contributed by atoms with Gasteiger partial charge >= 0.3 is 0 Å². The molecule has 78 valence electrons. The van der Waals surface area contributed by atoms with Crippen molar-refractivity contribution in [3.05, 3.63) is 18.0 Å². The van der Waals surface area contributed by atoms with Crippen molar-refractivity contribution in [3.63, 3.8) is 0 Å². The van der Waals surface area contributed by atoms with Crippen molar-refractivity contribution in [1.29, 1.82) is 0 Å². The highest BCUT2D eigenvalue weighted by molar-refractivity contribution is 5.05. The van der Waals surface area contributed by atoms with Crippen LogP contribution in [0.1, 0.15) is 31.2 Å². The van der Waals surface area contributed by atoms with E-state index < -0.39 is 0 Å². The molecule has 2 rings (SSSR count). The van der Waals surface area contributed by atoms with Gasteiger partial charge in [0.05, 0.1) is 12.3 Å². The summed E-state index contributed by atoms with van der Waals surface area (Å²) in [5, 5.41) is 14.1. The van der Waals surface area contributed by atoms with Gasteiger partial charge in [0.25, 0.3) is 0 Å². The molecule has 1 N–H and O–H groups in total. The molecule has 1 heterocycles. The summed E-state index contributed by atoms with van der Waals surface area (Å²) in [6.45, 7) is 0. The molecule has 1 aliphatic rings. The van der Waals surface area contributed by atoms with Gasteiger partial charge in [0, 0.05) is 19.7 Å². The molecule has 1 fully saturated rings. The molecule has 3 heteroatoms. The number of aliphatic hydroxyl groups excluding tert-OH is 1. The first kappa shape index (κ1) is 9.71. The molecule has 0 aliphatic heterocycles. The van der Waals surface area contributed by atoms with Gasteiger partial charge in [-0.15, -0.1) is 0 Å². The number of aryl methyl sites for hydroxylation is 1. The Morgan fingerprint density at radius 3 is 2.86 bits per heavy atom. The first-order chi connectivity index (χ1) is 6.75. The molecule has 1 atom stereocenters. The van der Waals surface area contributed by atoms with Gasteiger partial charge in [0.2, 0.25) is 0 Å². The molecule has 3 nitrogen and oxygen atoms in total. The van der Waals surface area contributed by atoms with Crippen molar-refractivity contribution in [2.24, 2.45) is 13.0 Å². The van der Waals surface area contributed by atoms with E-state index in [0.29, 0.717) is 5.92 Å². The zero-order chi connectivity index (χ0) is 9.97. The summed E-state index contributed by atoms with van der Waals surface area (Å²) < 4.78 is 1.79. The second kappa shape index (κ2) is 4.13. The Balaban J connectivity index is 1.90. The Morgan fingerprint density at radius 1 is 1.57 bits per heavy atom. The fourth-order valence-electron chi connectivity index (χ4n) is 2.33. The molecule has 0 saturated heterocycles. The number of aliphatic hydroxyl groups is 1. The normalized spacial score (nSPS) is 20.1. The monoisotopic (exact) mass is 194 g/mol. The molecule has 0 spiro atoms. The molecule has 1 aromatic heterocycles. The topological polar surface area (TPSA) is 38.0 Å². The molecular formula is C11H18N2O. The quantitative estimate of drug-likeness (QED) is 0.792. The first-order valence-electron chi connectivity index (χ1n) is 5.41. The van der Waals surface area contributed by atoms with E-state index in [-0.39, 0.29) is 6.10 Å². The lowest BCUT2D eigenvalue weighted by Gasteiger charge is -2.16. The lowest BCUT2D eigenvalue weighted by atomic mass is 9.96. The fraction of sp³-hybridized carbons (Fsp3) is 0.727. The summed E-state index contributed by atoms with van der Waals surface area (Å²) in [5.74, 6) is 0.523. The van der Waals surface area contributed by atoms with Crippen LogP contribution >= 0.6 is 0 Å². The first-order valence-corrected chi connectivity index (χ1v) is 5.41. The molecule has 0 bridgehead atoms. The maximum Gasteiger partial charge on any atom is 0.0609 e. The van der Waals surface area contributed by atoms with E-state index in [1.807, 2.05) is 19.4 Å². The van der Waals surface area contributed by atoms with Crippen LogP contribution in [0.25, 0.3) is 0 Å². The number of rotatable bonds is 3. The Labute approximate surface area is 84.7 Å². The number of nitrogens with zero attached hydrogens (tertiary/aromatic N) is 2. The third-order valence-electron chi connectivity index (χ3n) is 3.15. The van der Waals surface area contributed by atoms with Crippen LogP contribution in [0.3, 0.4) is 0 Å². The number of hydrogen-bond donors (Lipinski definition) is 1. The van der Waals surface area contributed by atoms with E-state index >= 15 is 0 Å². The fourth-order valence-corrected chi connectivity index (χ4v) is 2.33. The molecular weight excluding hydrogens is 176 g/mol. The van der Waals surface area contributed by atoms with Crippen molar-refractivity contribution in [1.82, 2.24) is 9.78 Å². The number of hydrogen-bond acceptors (Lipinski definition) is 2. The highest BCUT2D eigenvalue weighted by Crippen LogP contribution is 2.28. The van der Waals surface area contributed by atoms with E-state index in [1.54, 1.807) is 4.68 Å². The SMILES string of the molecule is Cn1cc(CC(O)C2CCCC2)cn1. The van der Waals surface area contributed by atoms with Gasteiger partial charge in [-0.25, -0.2) is 0 Å². The molecule has 1 aliphatic carbocycles. The minimum Gasteiger partial charge on any atom is -0.392 e. The average molecular weight is 194 g/mol. The zero-order valence-corrected chi connectivity index (χ0v) is 8.69. The lowest BCUT2D eigenvalue weighted by Crippen LogP contribution is -2.19. The Kier molecular flexibility index (Phi) is 2.87. The van der Waals surface area contributed by atoms with E-state index in [2.05, 4.69) is 5.10 Å². The largest absolute Gasteiger partial charge is 0.392 e. The predicted octanol–water partition coefficient (Wildman–Crippen LogP) is 1.51. The van der Waals surface area contributed by atoms with Gasteiger partial charge in [-0.2, -0.15) is 5.10 Å². The summed E-state index contributed by atoms with van der Waals surface area (Å²) in [7, 11) is 1.91. The van der Waals surface area contributed by atoms with Gasteiger partial charge in [0.1, 0.15) is 0 Å². The smallest absolute Gasteiger partial charge is 0.0609 e. The van der Waals surface area contributed by atoms with Crippen molar-refractivity contribution in [2.45, 2.75) is 38.2 Å². The third kappa shape index (κ3) is 2.15. The molecule has 0 amide bonds. The second-order valence-electron chi connectivity index (χ2n) is 4.34. The van der Waals surface area contributed by atoms with Crippen LogP contribution in [0.5, 0.6) is 0 Å². The molecule has 1 saturated carbocycles. The van der Waals surface area contributed by atoms with Crippen molar-refractivity contribution >= 4 is 0 Å². The average Bonchev–Trinajstić information content (AvgIpc) is 2.75. The second-order valence-corrected chi connectivity index (χ2v) is 4.34. The standard InChI is InChI=1S/C11H18N2O/c1-13-8-9(7-12-13)6-11(14)10-4-2-3-5-10/h7-8,10-11,14H,2-6H2,1H3. The maximum atomic E-state index is 9.97. The Morgan fingerprint density at radius 2 is 2.29 bits per heavy atom. The van der Waals surface area contributed by atoms with Gasteiger partial charge < -0.3 is 5.11 Å². The summed E-state index contributed by atoms with van der Waals surface area (Å²) in [4.78, 5) is 0. The van der Waals surface area contributed by atoms with Crippen molar-refractivity contribution in [2.75, 3.05) is 0 Å². The molecule has 0 aromatic carbocycles. The highest BCUT2D eigenvalue weighted by Gasteiger charge is 2.23. The zero-order valence-electron chi connectivity index (χ0n) is 8.69. The van der Waals surface area contributed by atoms with Crippen LogP contribution in [0.4, 0.5) is 0 Å². The van der Waals surface area contributed by atoms with Crippen molar-refractivity contribution < 1.29 is 5.11 Å². The van der Waals surface area contributed by atoms with Crippen LogP contribution in [0.2, 0.25) is 0 Å². The maximum absolute atomic E-state index is 9.97. The lowest BCUT2D eigenvalue weighted by molar-refractivity contribution is 0.111. The van der Waals surface area contributed by atoms with E-state index in [0.717, 1.165) is 12.0 Å². The molecule has 0 radical (unpaired) electrons. The number of aromatic nitrogens is 2. The Bertz CT molecular complexity index is 289. The van der Waals surface area contributed by atoms with Crippen LogP contribution in [-0.4, -0.2) is 21.0 Å². The minimum atomic E-state index is -0.165. The Hall–Kier alpha value is -0.830. The molecule has 14 heavy (non-hydrogen) atoms. The van der Waals surface area contributed by atoms with Gasteiger partial charge in [-0.1, -0.05) is 12.8 Å². The van der Waals surface area contributed by atoms with Crippen LogP contribution in [0.15, 0.2) is 12.4 Å². The van der Waals surface area contributed by atoms with Crippen molar-refractivity contribution in [3.8, 4) is 0 Å². The van der Waals surface area contributed by atoms with Crippen LogP contribution in [0, 0.1) is 5.92 Å². The van der Waals surface area contributed by atoms with Gasteiger partial charge in [0.15, 0.2) is 0 Å². The van der Waals surface area contributed by atoms with Gasteiger partial charge in [-0.3, -0.25) is 4.68 Å². The molecule has 1 aromatic rings. The van der Waals surface area contributed by atoms with Gasteiger partial charge in [-0.05, 0) is 24.3 Å². The van der Waals surface area contributed by atoms with E-state index in [1.165, 1.54) is 25.7 Å². The highest BCUT2D eigenvalue weighted by atomic mass is 16.3. The predicted molar refractivity (Wildman–Crippen MR) is 54.9 cm³/mol. The minimum absolute atomic E-state index is 0.165.